The molecule has 180 valence electrons. The Morgan fingerprint density at radius 1 is 1.18 bits per heavy atom. The lowest BCUT2D eigenvalue weighted by molar-refractivity contribution is -0.141. The van der Waals surface area contributed by atoms with Gasteiger partial charge in [0.2, 0.25) is 5.91 Å². The van der Waals surface area contributed by atoms with E-state index in [1.807, 2.05) is 6.92 Å². The van der Waals surface area contributed by atoms with Crippen LogP contribution < -0.4 is 5.32 Å². The van der Waals surface area contributed by atoms with Gasteiger partial charge >= 0.3 is 12.1 Å². The van der Waals surface area contributed by atoms with E-state index < -0.39 is 23.7 Å². The van der Waals surface area contributed by atoms with Crippen LogP contribution in [0, 0.1) is 13.8 Å². The summed E-state index contributed by atoms with van der Waals surface area (Å²) in [5.74, 6) is -1.34. The van der Waals surface area contributed by atoms with Crippen LogP contribution in [0.15, 0.2) is 35.5 Å². The fraction of sp³-hybridized carbons (Fsp3) is 0.273. The van der Waals surface area contributed by atoms with Crippen molar-refractivity contribution >= 4 is 51.6 Å². The Morgan fingerprint density at radius 2 is 1.85 bits per heavy atom. The Morgan fingerprint density at radius 3 is 2.47 bits per heavy atom. The van der Waals surface area contributed by atoms with Gasteiger partial charge in [-0.05, 0) is 44.5 Å². The highest BCUT2D eigenvalue weighted by Crippen LogP contribution is 2.34. The lowest BCUT2D eigenvalue weighted by atomic mass is 10.1. The lowest BCUT2D eigenvalue weighted by Gasteiger charge is -2.11. The number of aryl methyl sites for hydroxylation is 1. The quantitative estimate of drug-likeness (QED) is 0.217. The molecule has 1 N–H and O–H groups in total. The average molecular weight is 530 g/mol. The summed E-state index contributed by atoms with van der Waals surface area (Å²) in [5, 5.41) is 3.19. The van der Waals surface area contributed by atoms with Gasteiger partial charge in [0, 0.05) is 15.5 Å². The van der Waals surface area contributed by atoms with Crippen molar-refractivity contribution in [2.45, 2.75) is 32.1 Å². The fourth-order valence-corrected chi connectivity index (χ4v) is 4.71. The zero-order chi connectivity index (χ0) is 25.0. The molecular weight excluding hydrogens is 511 g/mol. The number of anilines is 1. The molecule has 6 nitrogen and oxygen atoms in total. The van der Waals surface area contributed by atoms with Crippen LogP contribution in [0.5, 0.6) is 0 Å². The molecule has 3 rings (SSSR count). The van der Waals surface area contributed by atoms with E-state index in [1.54, 1.807) is 38.1 Å². The molecule has 1 aromatic carbocycles. The summed E-state index contributed by atoms with van der Waals surface area (Å²) in [7, 11) is 0. The third-order valence-corrected chi connectivity index (χ3v) is 6.81. The van der Waals surface area contributed by atoms with Crippen molar-refractivity contribution in [1.82, 2.24) is 9.97 Å². The van der Waals surface area contributed by atoms with Crippen LogP contribution >= 0.6 is 34.7 Å². The third-order valence-electron chi connectivity index (χ3n) is 4.59. The van der Waals surface area contributed by atoms with Crippen LogP contribution in [0.1, 0.15) is 33.4 Å². The predicted octanol–water partition coefficient (Wildman–Crippen LogP) is 6.40. The van der Waals surface area contributed by atoms with Crippen LogP contribution in [-0.2, 0) is 15.7 Å². The average Bonchev–Trinajstić information content (AvgIpc) is 3.05. The molecule has 34 heavy (non-hydrogen) atoms. The van der Waals surface area contributed by atoms with Crippen molar-refractivity contribution in [1.29, 1.82) is 0 Å². The van der Waals surface area contributed by atoms with Crippen molar-refractivity contribution in [3.05, 3.63) is 57.1 Å². The summed E-state index contributed by atoms with van der Waals surface area (Å²) in [6.45, 7) is 5.41. The maximum atomic E-state index is 13.4. The summed E-state index contributed by atoms with van der Waals surface area (Å²) in [5.41, 5.74) is 0.316. The molecule has 2 heterocycles. The first-order valence-corrected chi connectivity index (χ1v) is 12.1. The molecule has 0 radical (unpaired) electrons. The van der Waals surface area contributed by atoms with Crippen molar-refractivity contribution in [3.63, 3.8) is 0 Å². The van der Waals surface area contributed by atoms with Crippen LogP contribution in [0.4, 0.5) is 18.2 Å². The van der Waals surface area contributed by atoms with Gasteiger partial charge in [-0.15, -0.1) is 11.3 Å². The van der Waals surface area contributed by atoms with Gasteiger partial charge in [0.1, 0.15) is 10.7 Å². The Balaban J connectivity index is 1.81. The number of rotatable bonds is 7. The van der Waals surface area contributed by atoms with Crippen molar-refractivity contribution in [2.75, 3.05) is 17.7 Å². The lowest BCUT2D eigenvalue weighted by Crippen LogP contribution is -2.17. The number of hydrogen-bond acceptors (Lipinski definition) is 7. The molecule has 0 aliphatic heterocycles. The first-order chi connectivity index (χ1) is 16.0. The van der Waals surface area contributed by atoms with Gasteiger partial charge in [-0.1, -0.05) is 35.5 Å². The summed E-state index contributed by atoms with van der Waals surface area (Å²) >= 11 is 7.83. The highest BCUT2D eigenvalue weighted by molar-refractivity contribution is 7.99. The number of aromatic nitrogens is 2. The number of nitrogens with zero attached hydrogens (tertiary/aromatic N) is 2. The van der Waals surface area contributed by atoms with Gasteiger partial charge in [-0.2, -0.15) is 13.2 Å². The number of carbonyl (C=O) groups is 2. The Kier molecular flexibility index (Phi) is 8.21. The Labute approximate surface area is 206 Å². The van der Waals surface area contributed by atoms with Gasteiger partial charge in [0.05, 0.1) is 23.6 Å². The molecule has 2 aromatic heterocycles. The number of carbonyl (C=O) groups excluding carboxylic acids is 2. The molecule has 0 bridgehead atoms. The molecule has 0 saturated carbocycles. The summed E-state index contributed by atoms with van der Waals surface area (Å²) < 4.78 is 45.2. The molecule has 1 amide bonds. The monoisotopic (exact) mass is 529 g/mol. The highest BCUT2D eigenvalue weighted by Gasteiger charge is 2.34. The van der Waals surface area contributed by atoms with Crippen LogP contribution in [0.2, 0.25) is 5.02 Å². The second kappa shape index (κ2) is 10.7. The van der Waals surface area contributed by atoms with Crippen molar-refractivity contribution in [3.8, 4) is 11.3 Å². The zero-order valence-electron chi connectivity index (χ0n) is 18.2. The molecule has 0 atom stereocenters. The van der Waals surface area contributed by atoms with E-state index in [-0.39, 0.29) is 28.8 Å². The Bertz CT molecular complexity index is 1210. The number of nitrogens with one attached hydrogen (secondary N) is 1. The van der Waals surface area contributed by atoms with E-state index in [2.05, 4.69) is 15.3 Å². The molecule has 0 aliphatic rings. The molecule has 0 spiro atoms. The molecular formula is C22H19ClF3N3O3S2. The van der Waals surface area contributed by atoms with E-state index in [0.717, 1.165) is 22.7 Å². The molecule has 0 saturated heterocycles. The molecule has 3 aromatic rings. The number of benzene rings is 1. The van der Waals surface area contributed by atoms with E-state index in [0.29, 0.717) is 21.2 Å². The van der Waals surface area contributed by atoms with Gasteiger partial charge < -0.3 is 10.1 Å². The minimum absolute atomic E-state index is 0.0519. The highest BCUT2D eigenvalue weighted by atomic mass is 35.5. The first kappa shape index (κ1) is 26.0. The SMILES string of the molecule is CCOC(=O)c1c(NC(=O)CSc2nc(-c3ccc(Cl)cc3)cc(C(F)(F)F)n2)sc(C)c1C. The minimum Gasteiger partial charge on any atom is -0.462 e. The summed E-state index contributed by atoms with van der Waals surface area (Å²) in [6.07, 6.45) is -4.69. The van der Waals surface area contributed by atoms with Gasteiger partial charge in [0.15, 0.2) is 5.16 Å². The van der Waals surface area contributed by atoms with Crippen LogP contribution in [0.25, 0.3) is 11.3 Å². The molecule has 0 aliphatic carbocycles. The number of thiophene rings is 1. The largest absolute Gasteiger partial charge is 0.462 e. The predicted molar refractivity (Wildman–Crippen MR) is 127 cm³/mol. The second-order valence-corrected chi connectivity index (χ2v) is 9.57. The number of amides is 1. The van der Waals surface area contributed by atoms with Gasteiger partial charge in [-0.3, -0.25) is 4.79 Å². The number of halogens is 4. The van der Waals surface area contributed by atoms with Gasteiger partial charge in [-0.25, -0.2) is 14.8 Å². The van der Waals surface area contributed by atoms with Crippen LogP contribution in [-0.4, -0.2) is 34.2 Å². The molecule has 0 unspecified atom stereocenters. The van der Waals surface area contributed by atoms with Crippen molar-refractivity contribution in [2.24, 2.45) is 0 Å². The topological polar surface area (TPSA) is 81.2 Å². The number of thioether (sulfide) groups is 1. The maximum absolute atomic E-state index is 13.4. The van der Waals surface area contributed by atoms with E-state index in [1.165, 1.54) is 11.3 Å². The number of alkyl halides is 3. The summed E-state index contributed by atoms with van der Waals surface area (Å²) in [6, 6.07) is 7.02. The van der Waals surface area contributed by atoms with Crippen LogP contribution in [0.3, 0.4) is 0 Å². The second-order valence-electron chi connectivity index (χ2n) is 6.97. The zero-order valence-corrected chi connectivity index (χ0v) is 20.6. The molecule has 12 heteroatoms. The van der Waals surface area contributed by atoms with E-state index in [9.17, 15) is 22.8 Å². The number of ether oxygens (including phenoxy) is 1. The number of hydrogen-bond donors (Lipinski definition) is 1. The minimum atomic E-state index is -4.69. The maximum Gasteiger partial charge on any atom is 0.433 e. The standard InChI is InChI=1S/C22H19ClF3N3O3S2/c1-4-32-20(31)18-11(2)12(3)34-19(18)29-17(30)10-33-21-27-15(9-16(28-21)22(24,25)26)13-5-7-14(23)8-6-13/h5-9H,4,10H2,1-3H3,(H,29,30). The smallest absolute Gasteiger partial charge is 0.433 e. The number of esters is 1. The van der Waals surface area contributed by atoms with E-state index >= 15 is 0 Å². The fourth-order valence-electron chi connectivity index (χ4n) is 2.86. The molecule has 0 fully saturated rings. The van der Waals surface area contributed by atoms with Gasteiger partial charge in [0.25, 0.3) is 0 Å². The summed E-state index contributed by atoms with van der Waals surface area (Å²) in [4.78, 5) is 33.4. The van der Waals surface area contributed by atoms with Crippen molar-refractivity contribution < 1.29 is 27.5 Å². The third kappa shape index (κ3) is 6.28. The normalized spacial score (nSPS) is 11.4. The Hall–Kier alpha value is -2.63. The first-order valence-electron chi connectivity index (χ1n) is 9.91. The van der Waals surface area contributed by atoms with E-state index in [4.69, 9.17) is 16.3 Å².